The molecule has 4 rings (SSSR count). The van der Waals surface area contributed by atoms with Crippen LogP contribution in [0.5, 0.6) is 0 Å². The van der Waals surface area contributed by atoms with Crippen molar-refractivity contribution in [3.05, 3.63) is 106 Å². The van der Waals surface area contributed by atoms with Gasteiger partial charge >= 0.3 is 0 Å². The Morgan fingerprint density at radius 3 is 2.42 bits per heavy atom. The molecule has 0 fully saturated rings. The van der Waals surface area contributed by atoms with Crippen molar-refractivity contribution in [1.82, 2.24) is 4.31 Å². The maximum atomic E-state index is 13.7. The van der Waals surface area contributed by atoms with Crippen molar-refractivity contribution in [2.75, 3.05) is 6.54 Å². The van der Waals surface area contributed by atoms with Crippen molar-refractivity contribution in [2.45, 2.75) is 17.9 Å². The first-order valence-corrected chi connectivity index (χ1v) is 11.9. The third-order valence-electron chi connectivity index (χ3n) is 5.21. The molecule has 0 aromatic heterocycles. The fraction of sp³-hybridized carbons (Fsp3) is 0.125. The molecule has 7 heteroatoms. The fourth-order valence-corrected chi connectivity index (χ4v) is 5.52. The molecule has 158 valence electrons. The van der Waals surface area contributed by atoms with Gasteiger partial charge in [0.25, 0.3) is 10.0 Å². The number of aliphatic imine (C=N–C) groups is 1. The average Bonchev–Trinajstić information content (AvgIpc) is 3.22. The number of nitrogens with zero attached hydrogens (tertiary/aromatic N) is 2. The first-order valence-electron chi connectivity index (χ1n) is 9.64. The van der Waals surface area contributed by atoms with Gasteiger partial charge in [-0.05, 0) is 58.3 Å². The highest BCUT2D eigenvalue weighted by Crippen LogP contribution is 2.33. The second-order valence-electron chi connectivity index (χ2n) is 7.31. The second-order valence-corrected chi connectivity index (χ2v) is 9.98. The monoisotopic (exact) mass is 498 g/mol. The molecule has 0 spiro atoms. The number of halogens is 2. The van der Waals surface area contributed by atoms with Crippen molar-refractivity contribution in [2.24, 2.45) is 4.99 Å². The van der Waals surface area contributed by atoms with Gasteiger partial charge in [-0.25, -0.2) is 17.1 Å². The predicted octanol–water partition coefficient (Wildman–Crippen LogP) is 5.43. The summed E-state index contributed by atoms with van der Waals surface area (Å²) >= 11 is 3.19. The van der Waals surface area contributed by atoms with Gasteiger partial charge in [0.2, 0.25) is 0 Å². The largest absolute Gasteiger partial charge is 0.266 e. The molecule has 0 N–H and O–H groups in total. The van der Waals surface area contributed by atoms with E-state index in [2.05, 4.69) is 27.5 Å². The Kier molecular flexibility index (Phi) is 5.81. The highest BCUT2D eigenvalue weighted by atomic mass is 79.9. The number of aryl methyl sites for hydroxylation is 1. The summed E-state index contributed by atoms with van der Waals surface area (Å²) in [5.74, 6) is -0.0261. The molecular formula is C24H20BrFN2O2S. The number of sulfonamides is 1. The Morgan fingerprint density at radius 1 is 1.10 bits per heavy atom. The van der Waals surface area contributed by atoms with Gasteiger partial charge in [0.05, 0.1) is 22.0 Å². The van der Waals surface area contributed by atoms with Crippen LogP contribution in [-0.4, -0.2) is 31.1 Å². The minimum Gasteiger partial charge on any atom is -0.265 e. The number of benzene rings is 3. The van der Waals surface area contributed by atoms with Gasteiger partial charge in [-0.15, -0.1) is 0 Å². The van der Waals surface area contributed by atoms with E-state index in [1.165, 1.54) is 10.4 Å². The van der Waals surface area contributed by atoms with Crippen LogP contribution in [0.2, 0.25) is 0 Å². The van der Waals surface area contributed by atoms with Crippen molar-refractivity contribution < 1.29 is 12.8 Å². The van der Waals surface area contributed by atoms with Gasteiger partial charge in [-0.2, -0.15) is 0 Å². The third-order valence-corrected chi connectivity index (χ3v) is 7.63. The molecule has 0 saturated carbocycles. The molecular weight excluding hydrogens is 479 g/mol. The molecule has 3 aromatic rings. The predicted molar refractivity (Wildman–Crippen MR) is 125 cm³/mol. The van der Waals surface area contributed by atoms with E-state index in [-0.39, 0.29) is 11.4 Å². The topological polar surface area (TPSA) is 49.7 Å². The maximum Gasteiger partial charge on any atom is 0.266 e. The fourth-order valence-electron chi connectivity index (χ4n) is 3.52. The molecule has 1 heterocycles. The van der Waals surface area contributed by atoms with Crippen LogP contribution in [0.4, 0.5) is 4.39 Å². The molecule has 3 aromatic carbocycles. The van der Waals surface area contributed by atoms with E-state index < -0.39 is 21.9 Å². The van der Waals surface area contributed by atoms with E-state index in [0.717, 1.165) is 5.56 Å². The number of amidine groups is 1. The highest BCUT2D eigenvalue weighted by molar-refractivity contribution is 9.10. The number of hydrogen-bond acceptors (Lipinski definition) is 3. The first-order chi connectivity index (χ1) is 14.8. The van der Waals surface area contributed by atoms with Crippen LogP contribution in [0.3, 0.4) is 0 Å². The van der Waals surface area contributed by atoms with E-state index in [1.54, 1.807) is 36.4 Å². The summed E-state index contributed by atoms with van der Waals surface area (Å²) in [6.45, 7) is 6.28. The van der Waals surface area contributed by atoms with Crippen molar-refractivity contribution in [3.63, 3.8) is 0 Å². The summed E-state index contributed by atoms with van der Waals surface area (Å²) in [5.41, 5.74) is 2.86. The Morgan fingerprint density at radius 2 is 1.77 bits per heavy atom. The molecule has 31 heavy (non-hydrogen) atoms. The van der Waals surface area contributed by atoms with Gasteiger partial charge in [-0.1, -0.05) is 60.7 Å². The lowest BCUT2D eigenvalue weighted by molar-refractivity contribution is 0.509. The highest BCUT2D eigenvalue weighted by Gasteiger charge is 2.40. The molecule has 0 bridgehead atoms. The minimum absolute atomic E-state index is 0.182. The molecule has 1 atom stereocenters. The lowest BCUT2D eigenvalue weighted by Gasteiger charge is -2.29. The summed E-state index contributed by atoms with van der Waals surface area (Å²) in [7, 11) is -3.92. The van der Waals surface area contributed by atoms with Gasteiger partial charge in [0.15, 0.2) is 0 Å². The van der Waals surface area contributed by atoms with E-state index in [9.17, 15) is 12.8 Å². The summed E-state index contributed by atoms with van der Waals surface area (Å²) < 4.78 is 42.8. The van der Waals surface area contributed by atoms with Crippen LogP contribution in [0, 0.1) is 12.7 Å². The van der Waals surface area contributed by atoms with E-state index in [0.29, 0.717) is 27.0 Å². The summed E-state index contributed by atoms with van der Waals surface area (Å²) in [6.07, 6.45) is 0. The Labute approximate surface area is 189 Å². The standard InChI is InChI=1S/C24H20BrFN2O2S/c1-16-8-11-20(12-9-16)31(29,30)28-23(15-27-24(28)18-6-4-3-5-7-18)17(2)19-10-13-22(26)21(25)14-19/h3-14,23H,2,15H2,1H3. The summed E-state index contributed by atoms with van der Waals surface area (Å²) in [5, 5.41) is 0. The smallest absolute Gasteiger partial charge is 0.265 e. The Balaban J connectivity index is 1.81. The minimum atomic E-state index is -3.92. The SMILES string of the molecule is C=C(c1ccc(F)c(Br)c1)C1CN=C(c2ccccc2)N1S(=O)(=O)c1ccc(C)cc1. The van der Waals surface area contributed by atoms with Gasteiger partial charge in [0, 0.05) is 5.56 Å². The molecule has 0 aliphatic carbocycles. The van der Waals surface area contributed by atoms with Crippen LogP contribution >= 0.6 is 15.9 Å². The maximum absolute atomic E-state index is 13.7. The van der Waals surface area contributed by atoms with E-state index in [1.807, 2.05) is 37.3 Å². The Bertz CT molecular complexity index is 1270. The van der Waals surface area contributed by atoms with Crippen LogP contribution in [0.15, 0.2) is 93.7 Å². The molecule has 1 aliphatic heterocycles. The lowest BCUT2D eigenvalue weighted by atomic mass is 10.0. The number of rotatable bonds is 5. The van der Waals surface area contributed by atoms with Crippen molar-refractivity contribution in [3.8, 4) is 0 Å². The van der Waals surface area contributed by atoms with Crippen molar-refractivity contribution in [1.29, 1.82) is 0 Å². The molecule has 1 unspecified atom stereocenters. The van der Waals surface area contributed by atoms with E-state index in [4.69, 9.17) is 0 Å². The quantitative estimate of drug-likeness (QED) is 0.470. The molecule has 0 saturated heterocycles. The number of hydrogen-bond donors (Lipinski definition) is 0. The lowest BCUT2D eigenvalue weighted by Crippen LogP contribution is -2.42. The van der Waals surface area contributed by atoms with Crippen LogP contribution in [0.25, 0.3) is 5.57 Å². The normalized spacial score (nSPS) is 16.3. The Hall–Kier alpha value is -2.77. The summed E-state index contributed by atoms with van der Waals surface area (Å²) in [6, 6.07) is 19.8. The summed E-state index contributed by atoms with van der Waals surface area (Å²) in [4.78, 5) is 4.76. The van der Waals surface area contributed by atoms with Gasteiger partial charge in [-0.3, -0.25) is 4.99 Å². The third kappa shape index (κ3) is 4.07. The van der Waals surface area contributed by atoms with Crippen LogP contribution in [0.1, 0.15) is 16.7 Å². The zero-order chi connectivity index (χ0) is 22.2. The molecule has 0 amide bonds. The molecule has 0 radical (unpaired) electrons. The van der Waals surface area contributed by atoms with Crippen LogP contribution < -0.4 is 0 Å². The zero-order valence-corrected chi connectivity index (χ0v) is 19.2. The molecule has 4 nitrogen and oxygen atoms in total. The van der Waals surface area contributed by atoms with Gasteiger partial charge in [0.1, 0.15) is 11.7 Å². The second kappa shape index (κ2) is 8.40. The molecule has 1 aliphatic rings. The first kappa shape index (κ1) is 21.5. The van der Waals surface area contributed by atoms with Gasteiger partial charge < -0.3 is 0 Å². The van der Waals surface area contributed by atoms with E-state index >= 15 is 0 Å². The van der Waals surface area contributed by atoms with Crippen LogP contribution in [-0.2, 0) is 10.0 Å². The average molecular weight is 499 g/mol. The zero-order valence-electron chi connectivity index (χ0n) is 16.8. The van der Waals surface area contributed by atoms with Crippen molar-refractivity contribution >= 4 is 37.4 Å².